The van der Waals surface area contributed by atoms with Crippen LogP contribution in [0.4, 0.5) is 0 Å². The highest BCUT2D eigenvalue weighted by Gasteiger charge is 2.30. The zero-order valence-corrected chi connectivity index (χ0v) is 8.65. The maximum absolute atomic E-state index is 3.43. The van der Waals surface area contributed by atoms with Crippen molar-refractivity contribution < 1.29 is 0 Å². The molecule has 0 saturated carbocycles. The van der Waals surface area contributed by atoms with Crippen LogP contribution in [0.2, 0.25) is 0 Å². The molecule has 1 aliphatic carbocycles. The molecule has 0 unspecified atom stereocenters. The molecular weight excluding hydrogens is 158 g/mol. The predicted octanol–water partition coefficient (Wildman–Crippen LogP) is 2.78. The second-order valence-electron chi connectivity index (χ2n) is 4.40. The highest BCUT2D eigenvalue weighted by atomic mass is 14.9. The fourth-order valence-corrected chi connectivity index (χ4v) is 2.11. The summed E-state index contributed by atoms with van der Waals surface area (Å²) in [5.74, 6) is 0. The molecule has 13 heavy (non-hydrogen) atoms. The fraction of sp³-hybridized carbons (Fsp3) is 0.500. The minimum Gasteiger partial charge on any atom is -0.385 e. The Labute approximate surface area is 80.2 Å². The van der Waals surface area contributed by atoms with Gasteiger partial charge in [0.1, 0.15) is 0 Å². The average molecular weight is 175 g/mol. The Kier molecular flexibility index (Phi) is 1.83. The van der Waals surface area contributed by atoms with Gasteiger partial charge in [-0.15, -0.1) is 0 Å². The van der Waals surface area contributed by atoms with Gasteiger partial charge in [-0.3, -0.25) is 0 Å². The molecule has 0 amide bonds. The second-order valence-corrected chi connectivity index (χ2v) is 4.40. The van der Waals surface area contributed by atoms with Crippen LogP contribution in [0.25, 0.3) is 0 Å². The second kappa shape index (κ2) is 2.76. The lowest BCUT2D eigenvalue weighted by Gasteiger charge is -2.27. The molecule has 0 radical (unpaired) electrons. The molecule has 1 heteroatoms. The summed E-state index contributed by atoms with van der Waals surface area (Å²) in [5.41, 5.74) is 4.60. The summed E-state index contributed by atoms with van der Waals surface area (Å²) in [4.78, 5) is 0. The monoisotopic (exact) mass is 175 g/mol. The normalized spacial score (nSPS) is 25.0. The molecule has 2 rings (SSSR count). The van der Waals surface area contributed by atoms with Crippen LogP contribution in [0, 0.1) is 5.41 Å². The Balaban J connectivity index is 2.50. The minimum absolute atomic E-state index is 0.238. The third kappa shape index (κ3) is 1.23. The third-order valence-corrected chi connectivity index (χ3v) is 3.36. The molecule has 0 bridgehead atoms. The van der Waals surface area contributed by atoms with Gasteiger partial charge in [0.15, 0.2) is 0 Å². The summed E-state index contributed by atoms with van der Waals surface area (Å²) in [6, 6.07) is 0. The van der Waals surface area contributed by atoms with E-state index < -0.39 is 0 Å². The van der Waals surface area contributed by atoms with Gasteiger partial charge in [-0.2, -0.15) is 0 Å². The molecule has 1 heterocycles. The summed E-state index contributed by atoms with van der Waals surface area (Å²) >= 11 is 0. The quantitative estimate of drug-likeness (QED) is 0.597. The van der Waals surface area contributed by atoms with Crippen LogP contribution in [0.5, 0.6) is 0 Å². The van der Waals surface area contributed by atoms with Crippen LogP contribution in [-0.2, 0) is 0 Å². The average Bonchev–Trinajstić information content (AvgIpc) is 2.49. The van der Waals surface area contributed by atoms with E-state index in [0.717, 1.165) is 6.54 Å². The Morgan fingerprint density at radius 2 is 2.15 bits per heavy atom. The lowest BCUT2D eigenvalue weighted by Crippen LogP contribution is -2.16. The van der Waals surface area contributed by atoms with Gasteiger partial charge in [0.25, 0.3) is 0 Å². The standard InChI is InChI=1S/C12H17N/c1-9-5-4-6-11-10(7-8-13-11)12(9,2)3/h4-6,13H,7-8H2,1-3H3. The maximum Gasteiger partial charge on any atom is 0.0341 e. The molecule has 0 saturated heterocycles. The van der Waals surface area contributed by atoms with Crippen molar-refractivity contribution in [3.63, 3.8) is 0 Å². The van der Waals surface area contributed by atoms with Crippen LogP contribution in [-0.4, -0.2) is 6.54 Å². The fourth-order valence-electron chi connectivity index (χ4n) is 2.11. The van der Waals surface area contributed by atoms with E-state index in [4.69, 9.17) is 0 Å². The molecule has 0 fully saturated rings. The molecular formula is C12H17N. The van der Waals surface area contributed by atoms with Gasteiger partial charge in [-0.1, -0.05) is 31.6 Å². The lowest BCUT2D eigenvalue weighted by atomic mass is 9.77. The number of hydrogen-bond donors (Lipinski definition) is 1. The largest absolute Gasteiger partial charge is 0.385 e. The first-order chi connectivity index (χ1) is 6.12. The van der Waals surface area contributed by atoms with E-state index in [0.29, 0.717) is 0 Å². The van der Waals surface area contributed by atoms with Crippen LogP contribution >= 0.6 is 0 Å². The van der Waals surface area contributed by atoms with Gasteiger partial charge < -0.3 is 5.32 Å². The highest BCUT2D eigenvalue weighted by molar-refractivity contribution is 5.42. The summed E-state index contributed by atoms with van der Waals surface area (Å²) < 4.78 is 0. The van der Waals surface area contributed by atoms with Gasteiger partial charge in [0.2, 0.25) is 0 Å². The molecule has 0 spiro atoms. The number of hydrogen-bond acceptors (Lipinski definition) is 1. The smallest absolute Gasteiger partial charge is 0.0341 e. The Morgan fingerprint density at radius 3 is 2.92 bits per heavy atom. The minimum atomic E-state index is 0.238. The van der Waals surface area contributed by atoms with E-state index >= 15 is 0 Å². The van der Waals surface area contributed by atoms with Gasteiger partial charge in [-0.25, -0.2) is 0 Å². The molecule has 1 N–H and O–H groups in total. The van der Waals surface area contributed by atoms with Gasteiger partial charge in [-0.05, 0) is 25.0 Å². The van der Waals surface area contributed by atoms with E-state index in [-0.39, 0.29) is 5.41 Å². The van der Waals surface area contributed by atoms with E-state index in [1.165, 1.54) is 17.7 Å². The summed E-state index contributed by atoms with van der Waals surface area (Å²) in [7, 11) is 0. The third-order valence-electron chi connectivity index (χ3n) is 3.36. The predicted molar refractivity (Wildman–Crippen MR) is 56.3 cm³/mol. The van der Waals surface area contributed by atoms with Crippen molar-refractivity contribution >= 4 is 0 Å². The van der Waals surface area contributed by atoms with E-state index in [9.17, 15) is 0 Å². The molecule has 2 aliphatic rings. The number of rotatable bonds is 0. The topological polar surface area (TPSA) is 12.0 Å². The van der Waals surface area contributed by atoms with Gasteiger partial charge in [0, 0.05) is 17.7 Å². The Bertz CT molecular complexity index is 316. The van der Waals surface area contributed by atoms with Crippen LogP contribution in [0.15, 0.2) is 35.1 Å². The zero-order chi connectivity index (χ0) is 9.47. The SMILES string of the molecule is CC1=CC=CC2=C(CCN2)C1(C)C. The van der Waals surface area contributed by atoms with Crippen molar-refractivity contribution in [3.05, 3.63) is 35.1 Å². The van der Waals surface area contributed by atoms with Crippen molar-refractivity contribution in [2.75, 3.05) is 6.54 Å². The van der Waals surface area contributed by atoms with Crippen molar-refractivity contribution in [2.24, 2.45) is 5.41 Å². The highest BCUT2D eigenvalue weighted by Crippen LogP contribution is 2.41. The van der Waals surface area contributed by atoms with E-state index in [1.807, 2.05) is 0 Å². The van der Waals surface area contributed by atoms with Crippen molar-refractivity contribution in [2.45, 2.75) is 27.2 Å². The molecule has 0 aromatic heterocycles. The van der Waals surface area contributed by atoms with Crippen LogP contribution in [0.3, 0.4) is 0 Å². The first kappa shape index (κ1) is 8.61. The molecule has 1 nitrogen and oxygen atoms in total. The molecule has 0 aromatic rings. The summed E-state index contributed by atoms with van der Waals surface area (Å²) in [6.45, 7) is 7.95. The molecule has 70 valence electrons. The summed E-state index contributed by atoms with van der Waals surface area (Å²) in [5, 5.41) is 3.43. The van der Waals surface area contributed by atoms with Crippen LogP contribution < -0.4 is 5.32 Å². The lowest BCUT2D eigenvalue weighted by molar-refractivity contribution is 0.525. The van der Waals surface area contributed by atoms with Gasteiger partial charge in [0.05, 0.1) is 0 Å². The van der Waals surface area contributed by atoms with Crippen LogP contribution in [0.1, 0.15) is 27.2 Å². The maximum atomic E-state index is 3.43. The Hall–Kier alpha value is -0.980. The molecule has 0 aromatic carbocycles. The summed E-state index contributed by atoms with van der Waals surface area (Å²) in [6.07, 6.45) is 7.76. The molecule has 1 aliphatic heterocycles. The van der Waals surface area contributed by atoms with Crippen molar-refractivity contribution in [3.8, 4) is 0 Å². The van der Waals surface area contributed by atoms with E-state index in [1.54, 1.807) is 5.57 Å². The first-order valence-electron chi connectivity index (χ1n) is 4.95. The van der Waals surface area contributed by atoms with Crippen molar-refractivity contribution in [1.82, 2.24) is 5.32 Å². The number of allylic oxidation sites excluding steroid dienone is 4. The zero-order valence-electron chi connectivity index (χ0n) is 8.65. The first-order valence-corrected chi connectivity index (χ1v) is 4.95. The Morgan fingerprint density at radius 1 is 1.38 bits per heavy atom. The molecule has 0 atom stereocenters. The number of nitrogens with one attached hydrogen (secondary N) is 1. The van der Waals surface area contributed by atoms with E-state index in [2.05, 4.69) is 44.3 Å². The van der Waals surface area contributed by atoms with Crippen molar-refractivity contribution in [1.29, 1.82) is 0 Å². The van der Waals surface area contributed by atoms with Gasteiger partial charge >= 0.3 is 0 Å².